The van der Waals surface area contributed by atoms with E-state index in [0.717, 1.165) is 11.1 Å². The van der Waals surface area contributed by atoms with Crippen molar-refractivity contribution in [2.75, 3.05) is 25.1 Å². The van der Waals surface area contributed by atoms with E-state index in [1.54, 1.807) is 0 Å². The number of carbonyl (C=O) groups is 1. The van der Waals surface area contributed by atoms with Crippen LogP contribution in [0.15, 0.2) is 18.2 Å². The molecule has 3 N–H and O–H groups in total. The highest BCUT2D eigenvalue weighted by molar-refractivity contribution is 5.93. The van der Waals surface area contributed by atoms with Crippen LogP contribution in [0.3, 0.4) is 0 Å². The number of nitrogens with two attached hydrogens (primary N) is 1. The van der Waals surface area contributed by atoms with Crippen molar-refractivity contribution < 1.29 is 9.53 Å². The number of rotatable bonds is 4. The van der Waals surface area contributed by atoms with Gasteiger partial charge < -0.3 is 15.8 Å². The molecule has 1 rings (SSSR count). The van der Waals surface area contributed by atoms with Crippen LogP contribution in [-0.2, 0) is 9.53 Å². The monoisotopic (exact) mass is 246 g/mol. The van der Waals surface area contributed by atoms with E-state index >= 15 is 0 Å². The summed E-state index contributed by atoms with van der Waals surface area (Å²) in [5.41, 5.74) is 7.85. The number of nitrogens with one attached hydrogen (secondary N) is 1. The molecule has 0 atom stereocenters. The molecule has 4 nitrogen and oxygen atoms in total. The minimum Gasteiger partial charge on any atom is -0.372 e. The molecule has 1 amide bonds. The fraction of sp³-hybridized carbons (Fsp3) is 0.357. The Bertz CT molecular complexity index is 472. The summed E-state index contributed by atoms with van der Waals surface area (Å²) in [4.78, 5) is 11.6. The van der Waals surface area contributed by atoms with Crippen LogP contribution in [0.2, 0.25) is 0 Å². The Balaban J connectivity index is 2.85. The van der Waals surface area contributed by atoms with Gasteiger partial charge in [-0.3, -0.25) is 4.79 Å². The van der Waals surface area contributed by atoms with Gasteiger partial charge in [-0.05, 0) is 31.5 Å². The summed E-state index contributed by atoms with van der Waals surface area (Å²) >= 11 is 0. The lowest BCUT2D eigenvalue weighted by molar-refractivity contribution is -0.120. The molecule has 0 saturated heterocycles. The lowest BCUT2D eigenvalue weighted by Gasteiger charge is -2.08. The molecule has 0 unspecified atom stereocenters. The van der Waals surface area contributed by atoms with E-state index < -0.39 is 0 Å². The van der Waals surface area contributed by atoms with Gasteiger partial charge in [0.2, 0.25) is 5.91 Å². The fourth-order valence-electron chi connectivity index (χ4n) is 1.40. The summed E-state index contributed by atoms with van der Waals surface area (Å²) in [5.74, 6) is 5.52. The van der Waals surface area contributed by atoms with Crippen LogP contribution in [0.4, 0.5) is 5.69 Å². The maximum Gasteiger partial charge on any atom is 0.250 e. The standard InChI is InChI=1S/C14H18N2O2/c1-3-18-10-14(17)16-13-9-11(2)6-7-12(13)5-4-8-15/h6-7,9H,3,8,10,15H2,1-2H3,(H,16,17). The van der Waals surface area contributed by atoms with Gasteiger partial charge in [-0.25, -0.2) is 0 Å². The van der Waals surface area contributed by atoms with Gasteiger partial charge in [-0.15, -0.1) is 0 Å². The van der Waals surface area contributed by atoms with E-state index in [9.17, 15) is 4.79 Å². The van der Waals surface area contributed by atoms with E-state index in [1.165, 1.54) is 0 Å². The zero-order valence-corrected chi connectivity index (χ0v) is 10.7. The molecule has 0 aromatic heterocycles. The van der Waals surface area contributed by atoms with Crippen LogP contribution in [0, 0.1) is 18.8 Å². The zero-order chi connectivity index (χ0) is 13.4. The lowest BCUT2D eigenvalue weighted by atomic mass is 10.1. The molecule has 96 valence electrons. The minimum atomic E-state index is -0.182. The minimum absolute atomic E-state index is 0.0498. The largest absolute Gasteiger partial charge is 0.372 e. The second kappa shape index (κ2) is 7.49. The number of hydrogen-bond donors (Lipinski definition) is 2. The molecule has 0 aliphatic carbocycles. The van der Waals surface area contributed by atoms with Crippen molar-refractivity contribution in [2.24, 2.45) is 5.73 Å². The predicted molar refractivity (Wildman–Crippen MR) is 72.2 cm³/mol. The molecule has 0 spiro atoms. The number of benzene rings is 1. The van der Waals surface area contributed by atoms with E-state index in [2.05, 4.69) is 17.2 Å². The number of amides is 1. The first-order valence-corrected chi connectivity index (χ1v) is 5.84. The molecule has 0 radical (unpaired) electrons. The SMILES string of the molecule is CCOCC(=O)Nc1cc(C)ccc1C#CCN. The molecule has 0 heterocycles. The molecule has 18 heavy (non-hydrogen) atoms. The molecule has 0 aliphatic heterocycles. The normalized spacial score (nSPS) is 9.50. The lowest BCUT2D eigenvalue weighted by Crippen LogP contribution is -2.18. The van der Waals surface area contributed by atoms with Gasteiger partial charge in [-0.2, -0.15) is 0 Å². The Labute approximate surface area is 108 Å². The van der Waals surface area contributed by atoms with Gasteiger partial charge >= 0.3 is 0 Å². The Morgan fingerprint density at radius 2 is 2.28 bits per heavy atom. The van der Waals surface area contributed by atoms with Gasteiger partial charge in [0.15, 0.2) is 0 Å². The number of hydrogen-bond acceptors (Lipinski definition) is 3. The predicted octanol–water partition coefficient (Wildman–Crippen LogP) is 1.28. The summed E-state index contributed by atoms with van der Waals surface area (Å²) in [6.45, 7) is 4.66. The van der Waals surface area contributed by atoms with Crippen LogP contribution in [0.5, 0.6) is 0 Å². The molecule has 4 heteroatoms. The Kier molecular flexibility index (Phi) is 5.92. The molecule has 1 aromatic rings. The third-order valence-corrected chi connectivity index (χ3v) is 2.21. The van der Waals surface area contributed by atoms with Crippen LogP contribution in [0.1, 0.15) is 18.1 Å². The second-order valence-electron chi connectivity index (χ2n) is 3.74. The smallest absolute Gasteiger partial charge is 0.250 e. The summed E-state index contributed by atoms with van der Waals surface area (Å²) in [6, 6.07) is 5.69. The quantitative estimate of drug-likeness (QED) is 0.787. The van der Waals surface area contributed by atoms with E-state index in [4.69, 9.17) is 10.5 Å². The summed E-state index contributed by atoms with van der Waals surface area (Å²) in [6.07, 6.45) is 0. The number of anilines is 1. The molecular weight excluding hydrogens is 228 g/mol. The van der Waals surface area contributed by atoms with E-state index in [1.807, 2.05) is 32.0 Å². The first-order chi connectivity index (χ1) is 8.67. The Morgan fingerprint density at radius 1 is 1.50 bits per heavy atom. The van der Waals surface area contributed by atoms with Gasteiger partial charge in [-0.1, -0.05) is 17.9 Å². The average Bonchev–Trinajstić information content (AvgIpc) is 2.35. The van der Waals surface area contributed by atoms with E-state index in [-0.39, 0.29) is 12.5 Å². The molecule has 0 bridgehead atoms. The third-order valence-electron chi connectivity index (χ3n) is 2.21. The summed E-state index contributed by atoms with van der Waals surface area (Å²) in [5, 5.41) is 2.79. The number of ether oxygens (including phenoxy) is 1. The maximum absolute atomic E-state index is 11.6. The van der Waals surface area contributed by atoms with Gasteiger partial charge in [0, 0.05) is 12.2 Å². The van der Waals surface area contributed by atoms with Crippen molar-refractivity contribution in [3.05, 3.63) is 29.3 Å². The van der Waals surface area contributed by atoms with Crippen molar-refractivity contribution in [1.29, 1.82) is 0 Å². The van der Waals surface area contributed by atoms with E-state index in [0.29, 0.717) is 18.8 Å². The van der Waals surface area contributed by atoms with Crippen LogP contribution >= 0.6 is 0 Å². The molecule has 0 fully saturated rings. The van der Waals surface area contributed by atoms with Gasteiger partial charge in [0.1, 0.15) is 6.61 Å². The Hall–Kier alpha value is -1.83. The van der Waals surface area contributed by atoms with Crippen molar-refractivity contribution in [2.45, 2.75) is 13.8 Å². The van der Waals surface area contributed by atoms with Crippen molar-refractivity contribution in [3.8, 4) is 11.8 Å². The fourth-order valence-corrected chi connectivity index (χ4v) is 1.40. The van der Waals surface area contributed by atoms with Crippen molar-refractivity contribution >= 4 is 11.6 Å². The maximum atomic E-state index is 11.6. The van der Waals surface area contributed by atoms with Crippen molar-refractivity contribution in [3.63, 3.8) is 0 Å². The van der Waals surface area contributed by atoms with Crippen molar-refractivity contribution in [1.82, 2.24) is 0 Å². The molecule has 1 aromatic carbocycles. The zero-order valence-electron chi connectivity index (χ0n) is 10.7. The highest BCUT2D eigenvalue weighted by Crippen LogP contribution is 2.16. The third kappa shape index (κ3) is 4.58. The van der Waals surface area contributed by atoms with Crippen LogP contribution in [-0.4, -0.2) is 25.7 Å². The topological polar surface area (TPSA) is 64.3 Å². The summed E-state index contributed by atoms with van der Waals surface area (Å²) in [7, 11) is 0. The second-order valence-corrected chi connectivity index (χ2v) is 3.74. The van der Waals surface area contributed by atoms with Crippen LogP contribution in [0.25, 0.3) is 0 Å². The molecule has 0 saturated carbocycles. The number of aryl methyl sites for hydroxylation is 1. The first kappa shape index (κ1) is 14.2. The van der Waals surface area contributed by atoms with Crippen LogP contribution < -0.4 is 11.1 Å². The molecular formula is C14H18N2O2. The molecule has 0 aliphatic rings. The van der Waals surface area contributed by atoms with Gasteiger partial charge in [0.05, 0.1) is 12.2 Å². The summed E-state index contributed by atoms with van der Waals surface area (Å²) < 4.78 is 5.05. The highest BCUT2D eigenvalue weighted by Gasteiger charge is 2.05. The Morgan fingerprint density at radius 3 is 2.94 bits per heavy atom. The van der Waals surface area contributed by atoms with Gasteiger partial charge in [0.25, 0.3) is 0 Å². The number of carbonyl (C=O) groups excluding carboxylic acids is 1. The first-order valence-electron chi connectivity index (χ1n) is 5.84. The highest BCUT2D eigenvalue weighted by atomic mass is 16.5. The average molecular weight is 246 g/mol.